The van der Waals surface area contributed by atoms with Crippen LogP contribution in [0.15, 0.2) is 61.3 Å². The molecular formula is C15H13FN4. The normalized spacial score (nSPS) is 10.4. The fraction of sp³-hybridized carbons (Fsp3) is 0.0667. The van der Waals surface area contributed by atoms with Gasteiger partial charge in [0.25, 0.3) is 0 Å². The molecule has 0 radical (unpaired) electrons. The van der Waals surface area contributed by atoms with Crippen molar-refractivity contribution < 1.29 is 4.39 Å². The van der Waals surface area contributed by atoms with Crippen molar-refractivity contribution in [3.63, 3.8) is 0 Å². The van der Waals surface area contributed by atoms with Gasteiger partial charge in [0.15, 0.2) is 0 Å². The van der Waals surface area contributed by atoms with Crippen LogP contribution in [0.5, 0.6) is 0 Å². The molecule has 3 aromatic rings. The first kappa shape index (κ1) is 12.3. The summed E-state index contributed by atoms with van der Waals surface area (Å²) in [5.41, 5.74) is 1.48. The Kier molecular flexibility index (Phi) is 3.41. The van der Waals surface area contributed by atoms with Gasteiger partial charge in [-0.15, -0.1) is 0 Å². The molecule has 2 aromatic heterocycles. The van der Waals surface area contributed by atoms with Crippen LogP contribution in [0, 0.1) is 5.82 Å². The Morgan fingerprint density at radius 3 is 2.75 bits per heavy atom. The molecule has 0 aliphatic rings. The monoisotopic (exact) mass is 268 g/mol. The number of benzene rings is 1. The molecule has 1 N–H and O–H groups in total. The Hall–Kier alpha value is -2.69. The highest BCUT2D eigenvalue weighted by atomic mass is 19.1. The van der Waals surface area contributed by atoms with Crippen molar-refractivity contribution in [2.24, 2.45) is 0 Å². The van der Waals surface area contributed by atoms with Crippen LogP contribution in [0.25, 0.3) is 5.82 Å². The zero-order valence-corrected chi connectivity index (χ0v) is 10.7. The predicted octanol–water partition coefficient (Wildman–Crippen LogP) is 3.02. The maximum atomic E-state index is 13.5. The van der Waals surface area contributed by atoms with Crippen molar-refractivity contribution >= 4 is 5.69 Å². The third-order valence-corrected chi connectivity index (χ3v) is 2.96. The second-order valence-corrected chi connectivity index (χ2v) is 4.32. The minimum absolute atomic E-state index is 0.206. The lowest BCUT2D eigenvalue weighted by atomic mass is 10.2. The molecule has 0 saturated heterocycles. The van der Waals surface area contributed by atoms with E-state index >= 15 is 0 Å². The maximum Gasteiger partial charge on any atom is 0.137 e. The van der Waals surface area contributed by atoms with Gasteiger partial charge in [0.05, 0.1) is 11.9 Å². The standard InChI is InChI=1S/C15H13FN4/c16-14-4-2-1-3-12(14)9-18-13-5-6-15(19-10-13)20-8-7-17-11-20/h1-8,10-11,18H,9H2. The van der Waals surface area contributed by atoms with Crippen molar-refractivity contribution in [3.05, 3.63) is 72.7 Å². The molecule has 20 heavy (non-hydrogen) atoms. The van der Waals surface area contributed by atoms with E-state index < -0.39 is 0 Å². The molecule has 5 heteroatoms. The molecule has 3 rings (SSSR count). The minimum Gasteiger partial charge on any atom is -0.380 e. The molecule has 100 valence electrons. The van der Waals surface area contributed by atoms with E-state index in [1.807, 2.05) is 29.0 Å². The lowest BCUT2D eigenvalue weighted by Crippen LogP contribution is -2.02. The first-order valence-corrected chi connectivity index (χ1v) is 6.24. The first-order chi connectivity index (χ1) is 9.83. The minimum atomic E-state index is -0.206. The van der Waals surface area contributed by atoms with Crippen LogP contribution in [0.4, 0.5) is 10.1 Å². The van der Waals surface area contributed by atoms with Gasteiger partial charge in [-0.2, -0.15) is 0 Å². The van der Waals surface area contributed by atoms with Gasteiger partial charge in [-0.3, -0.25) is 4.57 Å². The van der Waals surface area contributed by atoms with Crippen LogP contribution in [0.2, 0.25) is 0 Å². The Morgan fingerprint density at radius 2 is 2.05 bits per heavy atom. The van der Waals surface area contributed by atoms with Gasteiger partial charge in [0.1, 0.15) is 18.0 Å². The molecule has 0 unspecified atom stereocenters. The zero-order chi connectivity index (χ0) is 13.8. The van der Waals surface area contributed by atoms with E-state index in [9.17, 15) is 4.39 Å². The number of nitrogens with zero attached hydrogens (tertiary/aromatic N) is 3. The van der Waals surface area contributed by atoms with E-state index in [1.165, 1.54) is 6.07 Å². The zero-order valence-electron chi connectivity index (χ0n) is 10.7. The van der Waals surface area contributed by atoms with Gasteiger partial charge >= 0.3 is 0 Å². The highest BCUT2D eigenvalue weighted by molar-refractivity contribution is 5.44. The molecule has 0 bridgehead atoms. The third-order valence-electron chi connectivity index (χ3n) is 2.96. The Labute approximate surface area is 115 Å². The number of nitrogens with one attached hydrogen (secondary N) is 1. The van der Waals surface area contributed by atoms with E-state index in [0.717, 1.165) is 11.5 Å². The quantitative estimate of drug-likeness (QED) is 0.791. The fourth-order valence-electron chi connectivity index (χ4n) is 1.88. The SMILES string of the molecule is Fc1ccccc1CNc1ccc(-n2ccnc2)nc1. The van der Waals surface area contributed by atoms with E-state index in [0.29, 0.717) is 12.1 Å². The topological polar surface area (TPSA) is 42.7 Å². The van der Waals surface area contributed by atoms with Crippen LogP contribution >= 0.6 is 0 Å². The number of hydrogen-bond acceptors (Lipinski definition) is 3. The maximum absolute atomic E-state index is 13.5. The predicted molar refractivity (Wildman–Crippen MR) is 75.1 cm³/mol. The fourth-order valence-corrected chi connectivity index (χ4v) is 1.88. The number of pyridine rings is 1. The van der Waals surface area contributed by atoms with Crippen molar-refractivity contribution in [2.75, 3.05) is 5.32 Å². The molecular weight excluding hydrogens is 255 g/mol. The molecule has 0 aliphatic heterocycles. The summed E-state index contributed by atoms with van der Waals surface area (Å²) < 4.78 is 15.3. The molecule has 0 fully saturated rings. The van der Waals surface area contributed by atoms with Crippen LogP contribution in [-0.2, 0) is 6.54 Å². The smallest absolute Gasteiger partial charge is 0.137 e. The van der Waals surface area contributed by atoms with Gasteiger partial charge in [-0.05, 0) is 18.2 Å². The summed E-state index contributed by atoms with van der Waals surface area (Å²) in [5, 5.41) is 3.15. The third kappa shape index (κ3) is 2.66. The molecule has 1 aromatic carbocycles. The largest absolute Gasteiger partial charge is 0.380 e. The molecule has 0 saturated carbocycles. The Morgan fingerprint density at radius 1 is 1.15 bits per heavy atom. The Bertz CT molecular complexity index is 677. The summed E-state index contributed by atoms with van der Waals surface area (Å²) in [4.78, 5) is 8.29. The number of aromatic nitrogens is 3. The summed E-state index contributed by atoms with van der Waals surface area (Å²) in [5.74, 6) is 0.585. The van der Waals surface area contributed by atoms with Crippen molar-refractivity contribution in [2.45, 2.75) is 6.54 Å². The number of halogens is 1. The molecule has 0 aliphatic carbocycles. The summed E-state index contributed by atoms with van der Waals surface area (Å²) in [6.07, 6.45) is 6.94. The van der Waals surface area contributed by atoms with Gasteiger partial charge in [0.2, 0.25) is 0 Å². The van der Waals surface area contributed by atoms with Gasteiger partial charge < -0.3 is 5.32 Å². The summed E-state index contributed by atoms with van der Waals surface area (Å²) >= 11 is 0. The second-order valence-electron chi connectivity index (χ2n) is 4.32. The van der Waals surface area contributed by atoms with E-state index in [1.54, 1.807) is 30.9 Å². The first-order valence-electron chi connectivity index (χ1n) is 6.24. The Balaban J connectivity index is 1.68. The average molecular weight is 268 g/mol. The van der Waals surface area contributed by atoms with Crippen LogP contribution in [0.1, 0.15) is 5.56 Å². The van der Waals surface area contributed by atoms with Crippen molar-refractivity contribution in [1.82, 2.24) is 14.5 Å². The van der Waals surface area contributed by atoms with Gasteiger partial charge in [-0.1, -0.05) is 18.2 Å². The van der Waals surface area contributed by atoms with Crippen LogP contribution < -0.4 is 5.32 Å². The number of anilines is 1. The molecule has 0 spiro atoms. The molecule has 0 amide bonds. The highest BCUT2D eigenvalue weighted by Crippen LogP contribution is 2.12. The number of hydrogen-bond donors (Lipinski definition) is 1. The van der Waals surface area contributed by atoms with Crippen LogP contribution in [0.3, 0.4) is 0 Å². The summed E-state index contributed by atoms with van der Waals surface area (Å²) in [6.45, 7) is 0.429. The molecule has 4 nitrogen and oxygen atoms in total. The van der Waals surface area contributed by atoms with Crippen LogP contribution in [-0.4, -0.2) is 14.5 Å². The highest BCUT2D eigenvalue weighted by Gasteiger charge is 2.01. The average Bonchev–Trinajstić information content (AvgIpc) is 3.01. The van der Waals surface area contributed by atoms with E-state index in [4.69, 9.17) is 0 Å². The second kappa shape index (κ2) is 5.52. The lowest BCUT2D eigenvalue weighted by molar-refractivity contribution is 0.613. The molecule has 0 atom stereocenters. The van der Waals surface area contributed by atoms with E-state index in [2.05, 4.69) is 15.3 Å². The number of rotatable bonds is 4. The summed E-state index contributed by atoms with van der Waals surface area (Å²) in [7, 11) is 0. The van der Waals surface area contributed by atoms with Gasteiger partial charge in [-0.25, -0.2) is 14.4 Å². The van der Waals surface area contributed by atoms with Gasteiger partial charge in [0, 0.05) is 24.5 Å². The van der Waals surface area contributed by atoms with Crippen molar-refractivity contribution in [3.8, 4) is 5.82 Å². The van der Waals surface area contributed by atoms with E-state index in [-0.39, 0.29) is 5.82 Å². The summed E-state index contributed by atoms with van der Waals surface area (Å²) in [6, 6.07) is 10.5. The lowest BCUT2D eigenvalue weighted by Gasteiger charge is -2.08. The molecule has 2 heterocycles. The number of imidazole rings is 1. The van der Waals surface area contributed by atoms with Crippen molar-refractivity contribution in [1.29, 1.82) is 0 Å².